The van der Waals surface area contributed by atoms with Crippen molar-refractivity contribution in [3.05, 3.63) is 35.7 Å². The molecule has 5 heteroatoms. The summed E-state index contributed by atoms with van der Waals surface area (Å²) in [5.74, 6) is 1.23. The lowest BCUT2D eigenvalue weighted by Crippen LogP contribution is -1.84. The fourth-order valence-electron chi connectivity index (χ4n) is 1.39. The molecular formula is C11H10ClFN2O. The molecule has 0 atom stereocenters. The Kier molecular flexibility index (Phi) is 3.19. The zero-order valence-corrected chi connectivity index (χ0v) is 9.46. The van der Waals surface area contributed by atoms with Gasteiger partial charge in [0.2, 0.25) is 0 Å². The first-order valence-electron chi connectivity index (χ1n) is 4.85. The Balaban J connectivity index is 2.36. The second-order valence-electron chi connectivity index (χ2n) is 3.32. The summed E-state index contributed by atoms with van der Waals surface area (Å²) < 4.78 is 18.2. The summed E-state index contributed by atoms with van der Waals surface area (Å²) >= 11 is 5.60. The van der Waals surface area contributed by atoms with Crippen molar-refractivity contribution in [2.24, 2.45) is 0 Å². The monoisotopic (exact) mass is 240 g/mol. The van der Waals surface area contributed by atoms with Gasteiger partial charge in [-0.3, -0.25) is 0 Å². The molecule has 2 rings (SSSR count). The Hall–Kier alpha value is -1.42. The van der Waals surface area contributed by atoms with Crippen LogP contribution in [-0.4, -0.2) is 15.8 Å². The molecule has 84 valence electrons. The van der Waals surface area contributed by atoms with Crippen molar-refractivity contribution in [3.8, 4) is 11.5 Å². The van der Waals surface area contributed by atoms with Gasteiger partial charge in [0.25, 0.3) is 0 Å². The number of hydrogen-bond acceptors (Lipinski definition) is 3. The first-order chi connectivity index (χ1) is 7.70. The van der Waals surface area contributed by atoms with Gasteiger partial charge in [0.05, 0.1) is 11.9 Å². The van der Waals surface area contributed by atoms with Crippen molar-refractivity contribution < 1.29 is 8.81 Å². The molecule has 0 amide bonds. The van der Waals surface area contributed by atoms with E-state index in [-0.39, 0.29) is 5.82 Å². The molecule has 0 aliphatic rings. The Morgan fingerprint density at radius 3 is 2.88 bits per heavy atom. The van der Waals surface area contributed by atoms with E-state index in [1.54, 1.807) is 6.07 Å². The third-order valence-electron chi connectivity index (χ3n) is 2.11. The lowest BCUT2D eigenvalue weighted by Gasteiger charge is -1.95. The number of alkyl halides is 1. The highest BCUT2D eigenvalue weighted by Gasteiger charge is 2.12. The predicted molar refractivity (Wildman–Crippen MR) is 58.9 cm³/mol. The van der Waals surface area contributed by atoms with E-state index in [4.69, 9.17) is 16.0 Å². The minimum Gasteiger partial charge on any atom is -0.439 e. The van der Waals surface area contributed by atoms with Crippen molar-refractivity contribution in [3.63, 3.8) is 0 Å². The fourth-order valence-corrected chi connectivity index (χ4v) is 1.55. The quantitative estimate of drug-likeness (QED) is 0.775. The fraction of sp³-hybridized carbons (Fsp3) is 0.273. The summed E-state index contributed by atoms with van der Waals surface area (Å²) in [7, 11) is 0. The van der Waals surface area contributed by atoms with E-state index in [1.165, 1.54) is 6.07 Å². The highest BCUT2D eigenvalue weighted by atomic mass is 35.5. The molecule has 0 bridgehead atoms. The van der Waals surface area contributed by atoms with Crippen molar-refractivity contribution in [1.82, 2.24) is 9.97 Å². The normalized spacial score (nSPS) is 10.7. The second-order valence-corrected chi connectivity index (χ2v) is 3.70. The molecule has 3 nitrogen and oxygen atoms in total. The van der Waals surface area contributed by atoms with Gasteiger partial charge in [0, 0.05) is 12.3 Å². The number of aryl methyl sites for hydroxylation is 2. The van der Waals surface area contributed by atoms with Gasteiger partial charge in [-0.15, -0.1) is 11.6 Å². The van der Waals surface area contributed by atoms with Crippen molar-refractivity contribution >= 4 is 11.6 Å². The summed E-state index contributed by atoms with van der Waals surface area (Å²) in [6.45, 7) is 1.82. The molecule has 16 heavy (non-hydrogen) atoms. The highest BCUT2D eigenvalue weighted by Crippen LogP contribution is 2.22. The molecule has 0 spiro atoms. The van der Waals surface area contributed by atoms with Crippen molar-refractivity contribution in [2.75, 3.05) is 5.88 Å². The molecule has 0 aliphatic carbocycles. The highest BCUT2D eigenvalue weighted by molar-refractivity contribution is 6.17. The van der Waals surface area contributed by atoms with Gasteiger partial charge >= 0.3 is 0 Å². The maximum absolute atomic E-state index is 12.7. The van der Waals surface area contributed by atoms with Crippen LogP contribution >= 0.6 is 11.6 Å². The molecule has 2 aromatic rings. The molecule has 0 saturated carbocycles. The standard InChI is InChI=1S/C11H10ClFN2O/c1-7-11(16-10(15-7)4-5-12)9-3-2-8(13)6-14-9/h2-3,6H,4-5H2,1H3. The largest absolute Gasteiger partial charge is 0.439 e. The van der Waals surface area contributed by atoms with Crippen LogP contribution < -0.4 is 0 Å². The molecule has 2 heterocycles. The number of oxazole rings is 1. The smallest absolute Gasteiger partial charge is 0.196 e. The van der Waals surface area contributed by atoms with Crippen molar-refractivity contribution in [2.45, 2.75) is 13.3 Å². The van der Waals surface area contributed by atoms with E-state index in [9.17, 15) is 4.39 Å². The first kappa shape index (κ1) is 11.1. The molecule has 0 aromatic carbocycles. The van der Waals surface area contributed by atoms with Crippen LogP contribution in [0.1, 0.15) is 11.6 Å². The van der Waals surface area contributed by atoms with E-state index in [0.29, 0.717) is 29.6 Å². The minimum absolute atomic E-state index is 0.373. The number of aromatic nitrogens is 2. The molecule has 0 unspecified atom stereocenters. The van der Waals surface area contributed by atoms with E-state index in [1.807, 2.05) is 6.92 Å². The third-order valence-corrected chi connectivity index (χ3v) is 2.30. The van der Waals surface area contributed by atoms with Crippen molar-refractivity contribution in [1.29, 1.82) is 0 Å². The summed E-state index contributed by atoms with van der Waals surface area (Å²) in [4.78, 5) is 8.16. The summed E-state index contributed by atoms with van der Waals surface area (Å²) in [6.07, 6.45) is 1.72. The Morgan fingerprint density at radius 2 is 2.25 bits per heavy atom. The van der Waals surface area contributed by atoms with Crippen LogP contribution in [0.5, 0.6) is 0 Å². The van der Waals surface area contributed by atoms with Gasteiger partial charge in [-0.2, -0.15) is 0 Å². The maximum atomic E-state index is 12.7. The Bertz CT molecular complexity index is 481. The topological polar surface area (TPSA) is 38.9 Å². The average molecular weight is 241 g/mol. The van der Waals surface area contributed by atoms with Crippen LogP contribution in [-0.2, 0) is 6.42 Å². The van der Waals surface area contributed by atoms with Gasteiger partial charge in [0.15, 0.2) is 11.7 Å². The van der Waals surface area contributed by atoms with Crippen LogP contribution in [0.3, 0.4) is 0 Å². The number of hydrogen-bond donors (Lipinski definition) is 0. The van der Waals surface area contributed by atoms with Crippen LogP contribution in [0.2, 0.25) is 0 Å². The predicted octanol–water partition coefficient (Wildman–Crippen LogP) is 2.97. The number of halogens is 2. The van der Waals surface area contributed by atoms with Gasteiger partial charge in [0.1, 0.15) is 11.5 Å². The first-order valence-corrected chi connectivity index (χ1v) is 5.38. The van der Waals surface area contributed by atoms with Crippen LogP contribution in [0.4, 0.5) is 4.39 Å². The maximum Gasteiger partial charge on any atom is 0.196 e. The Morgan fingerprint density at radius 1 is 1.44 bits per heavy atom. The number of rotatable bonds is 3. The van der Waals surface area contributed by atoms with Crippen LogP contribution in [0, 0.1) is 12.7 Å². The second kappa shape index (κ2) is 4.61. The SMILES string of the molecule is Cc1nc(CCCl)oc1-c1ccc(F)cn1. The zero-order chi connectivity index (χ0) is 11.5. The lowest BCUT2D eigenvalue weighted by molar-refractivity contribution is 0.512. The van der Waals surface area contributed by atoms with Gasteiger partial charge < -0.3 is 4.42 Å². The molecule has 0 N–H and O–H groups in total. The van der Waals surface area contributed by atoms with E-state index in [2.05, 4.69) is 9.97 Å². The minimum atomic E-state index is -0.373. The Labute approximate surface area is 97.3 Å². The summed E-state index contributed by atoms with van der Waals surface area (Å²) in [6, 6.07) is 2.90. The molecule has 0 radical (unpaired) electrons. The number of nitrogens with zero attached hydrogens (tertiary/aromatic N) is 2. The summed E-state index contributed by atoms with van der Waals surface area (Å²) in [5.41, 5.74) is 1.31. The molecule has 0 saturated heterocycles. The van der Waals surface area contributed by atoms with E-state index >= 15 is 0 Å². The average Bonchev–Trinajstić information content (AvgIpc) is 2.61. The van der Waals surface area contributed by atoms with E-state index in [0.717, 1.165) is 11.9 Å². The third kappa shape index (κ3) is 2.22. The van der Waals surface area contributed by atoms with Crippen LogP contribution in [0.25, 0.3) is 11.5 Å². The van der Waals surface area contributed by atoms with E-state index < -0.39 is 0 Å². The molecule has 2 aromatic heterocycles. The van der Waals surface area contributed by atoms with Gasteiger partial charge in [-0.25, -0.2) is 14.4 Å². The van der Waals surface area contributed by atoms with Gasteiger partial charge in [-0.05, 0) is 19.1 Å². The zero-order valence-electron chi connectivity index (χ0n) is 8.70. The molecule has 0 aliphatic heterocycles. The molecule has 0 fully saturated rings. The number of pyridine rings is 1. The van der Waals surface area contributed by atoms with Gasteiger partial charge in [-0.1, -0.05) is 0 Å². The van der Waals surface area contributed by atoms with Crippen LogP contribution in [0.15, 0.2) is 22.7 Å². The lowest BCUT2D eigenvalue weighted by atomic mass is 10.2. The molecular weight excluding hydrogens is 231 g/mol. The summed E-state index contributed by atoms with van der Waals surface area (Å²) in [5, 5.41) is 0.